The Morgan fingerprint density at radius 1 is 1.15 bits per heavy atom. The summed E-state index contributed by atoms with van der Waals surface area (Å²) in [6.45, 7) is 0.138. The van der Waals surface area contributed by atoms with Gasteiger partial charge in [-0.2, -0.15) is 0 Å². The molecule has 0 spiro atoms. The molecule has 1 aliphatic heterocycles. The predicted octanol–water partition coefficient (Wildman–Crippen LogP) is 1.87. The van der Waals surface area contributed by atoms with Crippen LogP contribution >= 0.6 is 0 Å². The Kier molecular flexibility index (Phi) is 4.29. The van der Waals surface area contributed by atoms with Gasteiger partial charge in [0.05, 0.1) is 12.2 Å². The number of carbonyl (C=O) groups is 1. The molecule has 1 N–H and O–H groups in total. The number of hydrogen-bond donors (Lipinski definition) is 1. The van der Waals surface area contributed by atoms with E-state index in [0.29, 0.717) is 28.7 Å². The molecule has 1 aliphatic rings. The second-order valence-corrected chi connectivity index (χ2v) is 5.94. The van der Waals surface area contributed by atoms with Crippen LogP contribution in [0.4, 0.5) is 5.95 Å². The number of carbonyl (C=O) groups excluding carboxylic acids is 1. The summed E-state index contributed by atoms with van der Waals surface area (Å²) in [6.07, 6.45) is 3.26. The van der Waals surface area contributed by atoms with Crippen LogP contribution in [0.15, 0.2) is 53.6 Å². The Hall–Kier alpha value is -3.68. The average Bonchev–Trinajstić information content (AvgIpc) is 3.17. The van der Waals surface area contributed by atoms with Crippen molar-refractivity contribution in [2.45, 2.75) is 0 Å². The van der Waals surface area contributed by atoms with Gasteiger partial charge in [0, 0.05) is 36.6 Å². The lowest BCUT2D eigenvalue weighted by Crippen LogP contribution is -2.24. The molecule has 0 bridgehead atoms. The first kappa shape index (κ1) is 16.8. The molecule has 2 aromatic heterocycles. The van der Waals surface area contributed by atoms with E-state index in [0.717, 1.165) is 5.56 Å². The topological polar surface area (TPSA) is 95.3 Å². The number of nitrogens with zero attached hydrogens (tertiary/aromatic N) is 3. The molecular weight excluding hydrogens is 348 g/mol. The summed E-state index contributed by atoms with van der Waals surface area (Å²) >= 11 is 0. The van der Waals surface area contributed by atoms with Crippen molar-refractivity contribution in [3.63, 3.8) is 0 Å². The van der Waals surface area contributed by atoms with Crippen LogP contribution in [0.1, 0.15) is 10.4 Å². The normalized spacial score (nSPS) is 12.0. The molecule has 0 saturated heterocycles. The maximum atomic E-state index is 12.5. The number of hydrogen-bond acceptors (Lipinski definition) is 7. The molecule has 0 aliphatic carbocycles. The predicted molar refractivity (Wildman–Crippen MR) is 98.1 cm³/mol. The van der Waals surface area contributed by atoms with Crippen molar-refractivity contribution < 1.29 is 14.3 Å². The summed E-state index contributed by atoms with van der Waals surface area (Å²) in [5.74, 6) is 1.32. The Labute approximate surface area is 154 Å². The second kappa shape index (κ2) is 6.91. The van der Waals surface area contributed by atoms with Crippen LogP contribution in [0.25, 0.3) is 11.3 Å². The number of Topliss-reactive ketones (excluding diaryl/α,β-unsaturated/α-hetero) is 1. The minimum atomic E-state index is -0.227. The number of pyridine rings is 1. The molecule has 1 aromatic carbocycles. The number of ether oxygens (including phenoxy) is 2. The average molecular weight is 364 g/mol. The molecule has 4 rings (SSSR count). The molecule has 8 heteroatoms. The third kappa shape index (κ3) is 3.37. The van der Waals surface area contributed by atoms with Crippen molar-refractivity contribution in [1.82, 2.24) is 14.5 Å². The van der Waals surface area contributed by atoms with E-state index in [4.69, 9.17) is 9.47 Å². The Morgan fingerprint density at radius 3 is 2.74 bits per heavy atom. The fraction of sp³-hybridized carbons (Fsp3) is 0.158. The molecule has 136 valence electrons. The Morgan fingerprint density at radius 2 is 1.93 bits per heavy atom. The smallest absolute Gasteiger partial charge is 0.255 e. The molecule has 0 unspecified atom stereocenters. The number of ketones is 1. The molecule has 0 amide bonds. The Balaban J connectivity index is 1.55. The standard InChI is InChI=1S/C19H16N4O4/c1-23-18(25)9-14(12-4-6-20-7-5-12)22-19(23)21-10-15(24)13-2-3-16-17(8-13)27-11-26-16/h2-9H,10-11H2,1H3,(H,21,22). The molecule has 27 heavy (non-hydrogen) atoms. The highest BCUT2D eigenvalue weighted by Gasteiger charge is 2.16. The first-order valence-electron chi connectivity index (χ1n) is 8.27. The number of nitrogens with one attached hydrogen (secondary N) is 1. The molecule has 3 aromatic rings. The van der Waals surface area contributed by atoms with Crippen molar-refractivity contribution in [3.05, 3.63) is 64.7 Å². The summed E-state index contributed by atoms with van der Waals surface area (Å²) in [5, 5.41) is 2.94. The van der Waals surface area contributed by atoms with Crippen molar-refractivity contribution >= 4 is 11.7 Å². The fourth-order valence-electron chi connectivity index (χ4n) is 2.70. The van der Waals surface area contributed by atoms with Crippen LogP contribution < -0.4 is 20.3 Å². The van der Waals surface area contributed by atoms with Gasteiger partial charge < -0.3 is 14.8 Å². The summed E-state index contributed by atoms with van der Waals surface area (Å²) in [5.41, 5.74) is 1.54. The highest BCUT2D eigenvalue weighted by molar-refractivity contribution is 5.99. The molecule has 0 radical (unpaired) electrons. The monoisotopic (exact) mass is 364 g/mol. The van der Waals surface area contributed by atoms with E-state index >= 15 is 0 Å². The van der Waals surface area contributed by atoms with Gasteiger partial charge in [-0.05, 0) is 30.3 Å². The van der Waals surface area contributed by atoms with Crippen molar-refractivity contribution in [3.8, 4) is 22.8 Å². The van der Waals surface area contributed by atoms with Gasteiger partial charge in [0.15, 0.2) is 17.3 Å². The minimum Gasteiger partial charge on any atom is -0.454 e. The van der Waals surface area contributed by atoms with Gasteiger partial charge in [-0.25, -0.2) is 4.98 Å². The van der Waals surface area contributed by atoms with E-state index in [-0.39, 0.29) is 24.7 Å². The van der Waals surface area contributed by atoms with Gasteiger partial charge in [-0.3, -0.25) is 19.1 Å². The summed E-state index contributed by atoms with van der Waals surface area (Å²) < 4.78 is 11.9. The minimum absolute atomic E-state index is 0.0142. The van der Waals surface area contributed by atoms with Gasteiger partial charge >= 0.3 is 0 Å². The van der Waals surface area contributed by atoms with Crippen LogP contribution in [0.2, 0.25) is 0 Å². The molecular formula is C19H16N4O4. The lowest BCUT2D eigenvalue weighted by Gasteiger charge is -2.11. The zero-order valence-electron chi connectivity index (χ0n) is 14.5. The maximum Gasteiger partial charge on any atom is 0.255 e. The van der Waals surface area contributed by atoms with E-state index in [1.54, 1.807) is 49.8 Å². The van der Waals surface area contributed by atoms with Gasteiger partial charge in [0.25, 0.3) is 5.56 Å². The van der Waals surface area contributed by atoms with Crippen LogP contribution in [0, 0.1) is 0 Å². The van der Waals surface area contributed by atoms with E-state index in [1.807, 2.05) is 0 Å². The van der Waals surface area contributed by atoms with Crippen LogP contribution in [0.5, 0.6) is 11.5 Å². The van der Waals surface area contributed by atoms with Crippen LogP contribution in [-0.2, 0) is 7.05 Å². The largest absolute Gasteiger partial charge is 0.454 e. The van der Waals surface area contributed by atoms with Crippen molar-refractivity contribution in [2.75, 3.05) is 18.7 Å². The maximum absolute atomic E-state index is 12.5. The van der Waals surface area contributed by atoms with E-state index in [1.165, 1.54) is 10.6 Å². The first-order valence-corrected chi connectivity index (χ1v) is 8.27. The summed E-state index contributed by atoms with van der Waals surface area (Å²) in [7, 11) is 1.60. The van der Waals surface area contributed by atoms with Crippen molar-refractivity contribution in [2.24, 2.45) is 7.05 Å². The summed E-state index contributed by atoms with van der Waals surface area (Å²) in [4.78, 5) is 33.1. The van der Waals surface area contributed by atoms with Crippen molar-refractivity contribution in [1.29, 1.82) is 0 Å². The number of anilines is 1. The van der Waals surface area contributed by atoms with Crippen LogP contribution in [0.3, 0.4) is 0 Å². The fourth-order valence-corrected chi connectivity index (χ4v) is 2.70. The van der Waals surface area contributed by atoms with E-state index in [2.05, 4.69) is 15.3 Å². The SMILES string of the molecule is Cn1c(NCC(=O)c2ccc3c(c2)OCO3)nc(-c2ccncc2)cc1=O. The van der Waals surface area contributed by atoms with Gasteiger partial charge in [0.1, 0.15) is 0 Å². The molecule has 8 nitrogen and oxygen atoms in total. The number of rotatable bonds is 5. The zero-order chi connectivity index (χ0) is 18.8. The highest BCUT2D eigenvalue weighted by atomic mass is 16.7. The van der Waals surface area contributed by atoms with E-state index in [9.17, 15) is 9.59 Å². The van der Waals surface area contributed by atoms with Gasteiger partial charge in [-0.1, -0.05) is 0 Å². The third-order valence-corrected chi connectivity index (χ3v) is 4.21. The molecule has 3 heterocycles. The van der Waals surface area contributed by atoms with E-state index < -0.39 is 0 Å². The number of fused-ring (bicyclic) bond motifs is 1. The zero-order valence-corrected chi connectivity index (χ0v) is 14.5. The summed E-state index contributed by atoms with van der Waals surface area (Å²) in [6, 6.07) is 10.0. The highest BCUT2D eigenvalue weighted by Crippen LogP contribution is 2.32. The van der Waals surface area contributed by atoms with Gasteiger partial charge in [-0.15, -0.1) is 0 Å². The molecule has 0 fully saturated rings. The first-order chi connectivity index (χ1) is 13.1. The third-order valence-electron chi connectivity index (χ3n) is 4.21. The number of aromatic nitrogens is 3. The number of benzene rings is 1. The quantitative estimate of drug-likeness (QED) is 0.691. The second-order valence-electron chi connectivity index (χ2n) is 5.94. The Bertz CT molecular complexity index is 1060. The molecule has 0 saturated carbocycles. The molecule has 0 atom stereocenters. The van der Waals surface area contributed by atoms with Crippen LogP contribution in [-0.4, -0.2) is 33.7 Å². The van der Waals surface area contributed by atoms with Gasteiger partial charge in [0.2, 0.25) is 12.7 Å². The lowest BCUT2D eigenvalue weighted by atomic mass is 10.1. The lowest BCUT2D eigenvalue weighted by molar-refractivity contribution is 0.101.